The predicted molar refractivity (Wildman–Crippen MR) is 97.2 cm³/mol. The van der Waals surface area contributed by atoms with Crippen LogP contribution in [0.2, 0.25) is 0 Å². The van der Waals surface area contributed by atoms with Gasteiger partial charge in [0, 0.05) is 17.7 Å². The maximum absolute atomic E-state index is 13.0. The molecule has 0 aromatic heterocycles. The average Bonchev–Trinajstić information content (AvgIpc) is 3.10. The van der Waals surface area contributed by atoms with Crippen molar-refractivity contribution in [2.45, 2.75) is 12.5 Å². The van der Waals surface area contributed by atoms with Gasteiger partial charge in [0.25, 0.3) is 0 Å². The first-order valence-corrected chi connectivity index (χ1v) is 8.41. The normalized spacial score (nSPS) is 16.0. The molecule has 1 saturated heterocycles. The molecular formula is C20H21NO6. The number of hydrogen-bond acceptors (Lipinski definition) is 6. The summed E-state index contributed by atoms with van der Waals surface area (Å²) in [5, 5.41) is 0. The molecule has 2 aromatic carbocycles. The molecule has 0 aliphatic carbocycles. The topological polar surface area (TPSA) is 74.3 Å². The number of amides is 2. The van der Waals surface area contributed by atoms with Gasteiger partial charge in [-0.1, -0.05) is 30.3 Å². The number of carbonyl (C=O) groups is 2. The van der Waals surface area contributed by atoms with Crippen LogP contribution < -0.4 is 14.2 Å². The Morgan fingerprint density at radius 2 is 1.70 bits per heavy atom. The highest BCUT2D eigenvalue weighted by Gasteiger charge is 2.39. The molecule has 1 atom stereocenters. The van der Waals surface area contributed by atoms with Crippen LogP contribution in [0.1, 0.15) is 17.2 Å². The second-order valence-corrected chi connectivity index (χ2v) is 5.95. The minimum absolute atomic E-state index is 0.0746. The zero-order chi connectivity index (χ0) is 19.4. The van der Waals surface area contributed by atoms with Gasteiger partial charge < -0.3 is 18.9 Å². The van der Waals surface area contributed by atoms with Crippen LogP contribution in [-0.2, 0) is 16.0 Å². The van der Waals surface area contributed by atoms with Crippen molar-refractivity contribution < 1.29 is 28.5 Å². The van der Waals surface area contributed by atoms with Gasteiger partial charge in [-0.3, -0.25) is 4.79 Å². The van der Waals surface area contributed by atoms with E-state index in [2.05, 4.69) is 0 Å². The quantitative estimate of drug-likeness (QED) is 0.777. The summed E-state index contributed by atoms with van der Waals surface area (Å²) in [6.07, 6.45) is -0.727. The monoisotopic (exact) mass is 371 g/mol. The smallest absolute Gasteiger partial charge is 0.417 e. The van der Waals surface area contributed by atoms with Gasteiger partial charge in [0.1, 0.15) is 29.9 Å². The Morgan fingerprint density at radius 1 is 1.07 bits per heavy atom. The molecule has 142 valence electrons. The van der Waals surface area contributed by atoms with Gasteiger partial charge in [0.2, 0.25) is 5.91 Å². The largest absolute Gasteiger partial charge is 0.496 e. The fourth-order valence-corrected chi connectivity index (χ4v) is 3.11. The minimum Gasteiger partial charge on any atom is -0.496 e. The van der Waals surface area contributed by atoms with Crippen LogP contribution in [0.25, 0.3) is 0 Å². The van der Waals surface area contributed by atoms with Gasteiger partial charge in [0.05, 0.1) is 27.8 Å². The van der Waals surface area contributed by atoms with E-state index >= 15 is 0 Å². The summed E-state index contributed by atoms with van der Waals surface area (Å²) in [5.74, 6) is 1.04. The van der Waals surface area contributed by atoms with Crippen molar-refractivity contribution in [2.24, 2.45) is 0 Å². The average molecular weight is 371 g/mol. The number of rotatable bonds is 6. The van der Waals surface area contributed by atoms with Crippen molar-refractivity contribution in [3.63, 3.8) is 0 Å². The van der Waals surface area contributed by atoms with Crippen molar-refractivity contribution in [1.82, 2.24) is 4.90 Å². The second-order valence-electron chi connectivity index (χ2n) is 5.95. The SMILES string of the molecule is COc1cc(OC)c(CC(=O)N2C(=O)OC[C@H]2c2ccccc2)c(OC)c1. The summed E-state index contributed by atoms with van der Waals surface area (Å²) in [4.78, 5) is 26.3. The molecule has 2 aromatic rings. The van der Waals surface area contributed by atoms with Crippen LogP contribution in [-0.4, -0.2) is 44.8 Å². The number of ether oxygens (including phenoxy) is 4. The Hall–Kier alpha value is -3.22. The molecule has 2 amide bonds. The van der Waals surface area contributed by atoms with E-state index < -0.39 is 18.0 Å². The number of hydrogen-bond donors (Lipinski definition) is 0. The van der Waals surface area contributed by atoms with Gasteiger partial charge in [-0.15, -0.1) is 0 Å². The van der Waals surface area contributed by atoms with E-state index in [1.54, 1.807) is 12.1 Å². The van der Waals surface area contributed by atoms with Gasteiger partial charge in [-0.05, 0) is 5.56 Å². The first kappa shape index (κ1) is 18.6. The third-order valence-corrected chi connectivity index (χ3v) is 4.47. The van der Waals surface area contributed by atoms with Crippen LogP contribution >= 0.6 is 0 Å². The number of benzene rings is 2. The molecule has 0 N–H and O–H groups in total. The minimum atomic E-state index is -0.653. The maximum atomic E-state index is 13.0. The number of imide groups is 1. The molecular weight excluding hydrogens is 350 g/mol. The third kappa shape index (κ3) is 3.67. The van der Waals surface area contributed by atoms with Crippen molar-refractivity contribution in [1.29, 1.82) is 0 Å². The molecule has 7 heteroatoms. The molecule has 7 nitrogen and oxygen atoms in total. The Morgan fingerprint density at radius 3 is 2.26 bits per heavy atom. The first-order valence-electron chi connectivity index (χ1n) is 8.41. The molecule has 0 radical (unpaired) electrons. The van der Waals surface area contributed by atoms with Crippen LogP contribution in [0, 0.1) is 0 Å². The highest BCUT2D eigenvalue weighted by atomic mass is 16.6. The lowest BCUT2D eigenvalue weighted by molar-refractivity contribution is -0.128. The fourth-order valence-electron chi connectivity index (χ4n) is 3.11. The number of nitrogens with zero attached hydrogens (tertiary/aromatic N) is 1. The van der Waals surface area contributed by atoms with Gasteiger partial charge in [0.15, 0.2) is 0 Å². The summed E-state index contributed by atoms with van der Waals surface area (Å²) in [5.41, 5.74) is 1.38. The second kappa shape index (κ2) is 7.99. The highest BCUT2D eigenvalue weighted by molar-refractivity contribution is 5.95. The molecule has 1 fully saturated rings. The van der Waals surface area contributed by atoms with E-state index in [1.807, 2.05) is 30.3 Å². The van der Waals surface area contributed by atoms with Gasteiger partial charge in [-0.2, -0.15) is 0 Å². The highest BCUT2D eigenvalue weighted by Crippen LogP contribution is 2.36. The molecule has 0 bridgehead atoms. The van der Waals surface area contributed by atoms with E-state index in [9.17, 15) is 9.59 Å². The molecule has 1 heterocycles. The lowest BCUT2D eigenvalue weighted by atomic mass is 10.0. The van der Waals surface area contributed by atoms with E-state index in [1.165, 1.54) is 21.3 Å². The molecule has 3 rings (SSSR count). The zero-order valence-electron chi connectivity index (χ0n) is 15.4. The van der Waals surface area contributed by atoms with E-state index in [0.29, 0.717) is 22.8 Å². The van der Waals surface area contributed by atoms with Gasteiger partial charge >= 0.3 is 6.09 Å². The van der Waals surface area contributed by atoms with E-state index in [-0.39, 0.29) is 13.0 Å². The molecule has 1 aliphatic heterocycles. The van der Waals surface area contributed by atoms with Crippen LogP contribution in [0.4, 0.5) is 4.79 Å². The Labute approximate surface area is 157 Å². The molecule has 1 aliphatic rings. The summed E-state index contributed by atoms with van der Waals surface area (Å²) in [6.45, 7) is 0.130. The van der Waals surface area contributed by atoms with Crippen molar-refractivity contribution in [2.75, 3.05) is 27.9 Å². The fraction of sp³-hybridized carbons (Fsp3) is 0.300. The Balaban J connectivity index is 1.91. The lowest BCUT2D eigenvalue weighted by Gasteiger charge is -2.21. The number of cyclic esters (lactones) is 1. The molecule has 27 heavy (non-hydrogen) atoms. The Bertz CT molecular complexity index is 811. The molecule has 0 saturated carbocycles. The van der Waals surface area contributed by atoms with Crippen molar-refractivity contribution in [3.8, 4) is 17.2 Å². The third-order valence-electron chi connectivity index (χ3n) is 4.47. The summed E-state index contributed by atoms with van der Waals surface area (Å²) >= 11 is 0. The maximum Gasteiger partial charge on any atom is 0.417 e. The molecule has 0 spiro atoms. The zero-order valence-corrected chi connectivity index (χ0v) is 15.4. The number of carbonyl (C=O) groups excluding carboxylic acids is 2. The summed E-state index contributed by atoms with van der Waals surface area (Å²) in [6, 6.07) is 12.2. The van der Waals surface area contributed by atoms with Crippen LogP contribution in [0.15, 0.2) is 42.5 Å². The Kier molecular flexibility index (Phi) is 5.49. The summed E-state index contributed by atoms with van der Waals surface area (Å²) < 4.78 is 21.1. The van der Waals surface area contributed by atoms with Crippen LogP contribution in [0.3, 0.4) is 0 Å². The predicted octanol–water partition coefficient (Wildman–Crippen LogP) is 2.98. The van der Waals surface area contributed by atoms with Crippen molar-refractivity contribution in [3.05, 3.63) is 53.6 Å². The molecule has 0 unspecified atom stereocenters. The standard InChI is InChI=1S/C20H21NO6/c1-24-14-9-17(25-2)15(18(10-14)26-3)11-19(22)21-16(12-27-20(21)23)13-7-5-4-6-8-13/h4-10,16H,11-12H2,1-3H3/t16-/m0/s1. The lowest BCUT2D eigenvalue weighted by Crippen LogP contribution is -2.35. The van der Waals surface area contributed by atoms with Gasteiger partial charge in [-0.25, -0.2) is 9.69 Å². The summed E-state index contributed by atoms with van der Waals surface area (Å²) in [7, 11) is 4.53. The van der Waals surface area contributed by atoms with Crippen molar-refractivity contribution >= 4 is 12.0 Å². The van der Waals surface area contributed by atoms with E-state index in [4.69, 9.17) is 18.9 Å². The first-order chi connectivity index (χ1) is 13.1. The number of methoxy groups -OCH3 is 3. The van der Waals surface area contributed by atoms with Crippen LogP contribution in [0.5, 0.6) is 17.2 Å². The van der Waals surface area contributed by atoms with E-state index in [0.717, 1.165) is 10.5 Å².